The Morgan fingerprint density at radius 1 is 1.05 bits per heavy atom. The maximum absolute atomic E-state index is 12.7. The van der Waals surface area contributed by atoms with Crippen LogP contribution in [0.5, 0.6) is 0 Å². The van der Waals surface area contributed by atoms with Crippen molar-refractivity contribution in [1.29, 1.82) is 0 Å². The van der Waals surface area contributed by atoms with Crippen molar-refractivity contribution in [2.75, 3.05) is 13.1 Å². The predicted octanol–water partition coefficient (Wildman–Crippen LogP) is 2.42. The minimum absolute atomic E-state index is 0.241. The van der Waals surface area contributed by atoms with E-state index in [0.717, 1.165) is 19.3 Å². The largest absolute Gasteiger partial charge is 0.262 e. The minimum Gasteiger partial charge on any atom is -0.207 e. The monoisotopic (exact) mass is 351 g/mol. The second-order valence-electron chi connectivity index (χ2n) is 5.32. The van der Waals surface area contributed by atoms with Crippen LogP contribution in [0, 0.1) is 5.92 Å². The molecule has 5 nitrogen and oxygen atoms in total. The molecular formula is C13H18ClNO4S2. The summed E-state index contributed by atoms with van der Waals surface area (Å²) in [6, 6.07) is 5.46. The van der Waals surface area contributed by atoms with E-state index in [9.17, 15) is 16.8 Å². The molecule has 118 valence electrons. The number of hydrogen-bond acceptors (Lipinski definition) is 4. The van der Waals surface area contributed by atoms with Gasteiger partial charge in [0.2, 0.25) is 10.0 Å². The molecule has 0 spiro atoms. The highest BCUT2D eigenvalue weighted by atomic mass is 35.7. The third kappa shape index (κ3) is 3.77. The van der Waals surface area contributed by atoms with E-state index < -0.39 is 19.1 Å². The zero-order valence-electron chi connectivity index (χ0n) is 11.7. The third-order valence-corrected chi connectivity index (χ3v) is 7.17. The van der Waals surface area contributed by atoms with Crippen molar-refractivity contribution in [3.8, 4) is 0 Å². The van der Waals surface area contributed by atoms with Crippen LogP contribution in [0.1, 0.15) is 26.2 Å². The van der Waals surface area contributed by atoms with Gasteiger partial charge in [0.15, 0.2) is 0 Å². The number of benzene rings is 1. The first-order valence-electron chi connectivity index (χ1n) is 6.77. The van der Waals surface area contributed by atoms with Gasteiger partial charge in [0.05, 0.1) is 0 Å². The van der Waals surface area contributed by atoms with Gasteiger partial charge in [-0.3, -0.25) is 0 Å². The Kier molecular flexibility index (Phi) is 4.97. The Bertz CT molecular complexity index is 715. The van der Waals surface area contributed by atoms with Crippen LogP contribution < -0.4 is 0 Å². The van der Waals surface area contributed by atoms with E-state index in [1.165, 1.54) is 28.6 Å². The van der Waals surface area contributed by atoms with Crippen LogP contribution in [0.3, 0.4) is 0 Å². The highest BCUT2D eigenvalue weighted by molar-refractivity contribution is 8.14. The van der Waals surface area contributed by atoms with Gasteiger partial charge in [0.25, 0.3) is 9.05 Å². The van der Waals surface area contributed by atoms with Crippen molar-refractivity contribution in [3.63, 3.8) is 0 Å². The van der Waals surface area contributed by atoms with Crippen LogP contribution in [-0.4, -0.2) is 34.2 Å². The van der Waals surface area contributed by atoms with E-state index in [2.05, 4.69) is 6.92 Å². The lowest BCUT2D eigenvalue weighted by molar-refractivity contribution is 0.415. The summed E-state index contributed by atoms with van der Waals surface area (Å²) in [6.07, 6.45) is 2.52. The average molecular weight is 352 g/mol. The first-order chi connectivity index (χ1) is 9.73. The number of hydrogen-bond donors (Lipinski definition) is 0. The van der Waals surface area contributed by atoms with E-state index >= 15 is 0 Å². The van der Waals surface area contributed by atoms with Crippen molar-refractivity contribution >= 4 is 29.8 Å². The summed E-state index contributed by atoms with van der Waals surface area (Å²) in [7, 11) is -2.61. The number of halogens is 1. The molecular weight excluding hydrogens is 334 g/mol. The highest BCUT2D eigenvalue weighted by Crippen LogP contribution is 2.28. The second kappa shape index (κ2) is 6.24. The Hall–Kier alpha value is -0.630. The highest BCUT2D eigenvalue weighted by Gasteiger charge is 2.31. The lowest BCUT2D eigenvalue weighted by Gasteiger charge is -2.21. The van der Waals surface area contributed by atoms with Crippen LogP contribution in [0.4, 0.5) is 0 Å². The van der Waals surface area contributed by atoms with Gasteiger partial charge in [-0.1, -0.05) is 19.1 Å². The molecule has 1 unspecified atom stereocenters. The fourth-order valence-electron chi connectivity index (χ4n) is 2.48. The number of nitrogens with zero attached hydrogens (tertiary/aromatic N) is 1. The first-order valence-corrected chi connectivity index (χ1v) is 10.5. The van der Waals surface area contributed by atoms with Gasteiger partial charge in [0, 0.05) is 23.8 Å². The molecule has 0 aliphatic carbocycles. The SMILES string of the molecule is CC1CCCN(S(=O)(=O)c2ccccc2S(=O)(=O)Cl)CC1. The zero-order valence-corrected chi connectivity index (χ0v) is 14.1. The van der Waals surface area contributed by atoms with Gasteiger partial charge in [-0.2, -0.15) is 4.31 Å². The molecule has 1 atom stereocenters. The van der Waals surface area contributed by atoms with Crippen molar-refractivity contribution in [2.24, 2.45) is 5.92 Å². The van der Waals surface area contributed by atoms with Gasteiger partial charge in [-0.25, -0.2) is 16.8 Å². The fraction of sp³-hybridized carbons (Fsp3) is 0.538. The van der Waals surface area contributed by atoms with Gasteiger partial charge in [-0.05, 0) is 37.3 Å². The summed E-state index contributed by atoms with van der Waals surface area (Å²) < 4.78 is 50.0. The molecule has 21 heavy (non-hydrogen) atoms. The van der Waals surface area contributed by atoms with Crippen molar-refractivity contribution in [3.05, 3.63) is 24.3 Å². The summed E-state index contributed by atoms with van der Waals surface area (Å²) in [5, 5.41) is 0. The quantitative estimate of drug-likeness (QED) is 0.784. The molecule has 1 aromatic carbocycles. The van der Waals surface area contributed by atoms with Gasteiger partial charge in [-0.15, -0.1) is 0 Å². The molecule has 1 aliphatic rings. The maximum atomic E-state index is 12.7. The van der Waals surface area contributed by atoms with Gasteiger partial charge < -0.3 is 0 Å². The van der Waals surface area contributed by atoms with Gasteiger partial charge >= 0.3 is 0 Å². The van der Waals surface area contributed by atoms with E-state index in [4.69, 9.17) is 10.7 Å². The molecule has 0 bridgehead atoms. The predicted molar refractivity (Wildman–Crippen MR) is 81.3 cm³/mol. The van der Waals surface area contributed by atoms with E-state index in [-0.39, 0.29) is 9.79 Å². The lowest BCUT2D eigenvalue weighted by Crippen LogP contribution is -2.32. The van der Waals surface area contributed by atoms with Crippen LogP contribution in [0.15, 0.2) is 34.1 Å². The summed E-state index contributed by atoms with van der Waals surface area (Å²) in [5.41, 5.74) is 0. The van der Waals surface area contributed by atoms with Crippen LogP contribution >= 0.6 is 10.7 Å². The third-order valence-electron chi connectivity index (χ3n) is 3.71. The van der Waals surface area contributed by atoms with E-state index in [0.29, 0.717) is 19.0 Å². The molecule has 1 fully saturated rings. The molecule has 0 amide bonds. The second-order valence-corrected chi connectivity index (χ2v) is 9.77. The fourth-order valence-corrected chi connectivity index (χ4v) is 5.78. The summed E-state index contributed by atoms with van der Waals surface area (Å²) >= 11 is 0. The molecule has 2 rings (SSSR count). The standard InChI is InChI=1S/C13H18ClNO4S2/c1-11-5-4-9-15(10-8-11)21(18,19)13-7-3-2-6-12(13)20(14,16)17/h2-3,6-7,11H,4-5,8-10H2,1H3. The Morgan fingerprint density at radius 3 is 2.29 bits per heavy atom. The first kappa shape index (κ1) is 16.7. The molecule has 1 heterocycles. The molecule has 1 aromatic rings. The van der Waals surface area contributed by atoms with Crippen molar-refractivity contribution in [1.82, 2.24) is 4.31 Å². The molecule has 0 aromatic heterocycles. The van der Waals surface area contributed by atoms with Crippen LogP contribution in [0.25, 0.3) is 0 Å². The Balaban J connectivity index is 2.45. The van der Waals surface area contributed by atoms with Crippen molar-refractivity contribution in [2.45, 2.75) is 36.0 Å². The van der Waals surface area contributed by atoms with E-state index in [1.54, 1.807) is 0 Å². The number of rotatable bonds is 3. The van der Waals surface area contributed by atoms with E-state index in [1.807, 2.05) is 0 Å². The summed E-state index contributed by atoms with van der Waals surface area (Å²) in [4.78, 5) is -0.599. The average Bonchev–Trinajstić information content (AvgIpc) is 2.63. The Morgan fingerprint density at radius 2 is 1.67 bits per heavy atom. The normalized spacial score (nSPS) is 21.9. The summed E-state index contributed by atoms with van der Waals surface area (Å²) in [6.45, 7) is 2.90. The molecule has 8 heteroatoms. The molecule has 1 aliphatic heterocycles. The van der Waals surface area contributed by atoms with Crippen LogP contribution in [0.2, 0.25) is 0 Å². The molecule has 0 N–H and O–H groups in total. The maximum Gasteiger partial charge on any atom is 0.262 e. The smallest absolute Gasteiger partial charge is 0.207 e. The Labute approximate surface area is 130 Å². The summed E-state index contributed by atoms with van der Waals surface area (Å²) in [5.74, 6) is 0.470. The lowest BCUT2D eigenvalue weighted by atomic mass is 10.0. The number of sulfonamides is 1. The topological polar surface area (TPSA) is 71.5 Å². The van der Waals surface area contributed by atoms with Crippen LogP contribution in [-0.2, 0) is 19.1 Å². The molecule has 0 saturated carbocycles. The van der Waals surface area contributed by atoms with Crippen molar-refractivity contribution < 1.29 is 16.8 Å². The molecule has 0 radical (unpaired) electrons. The minimum atomic E-state index is -4.11. The van der Waals surface area contributed by atoms with Gasteiger partial charge in [0.1, 0.15) is 9.79 Å². The zero-order chi connectivity index (χ0) is 15.7. The molecule has 1 saturated heterocycles.